The number of aryl methyl sites for hydroxylation is 1. The van der Waals surface area contributed by atoms with E-state index in [1.165, 1.54) is 11.5 Å². The summed E-state index contributed by atoms with van der Waals surface area (Å²) in [6.45, 7) is 2.89. The van der Waals surface area contributed by atoms with Crippen molar-refractivity contribution in [2.24, 2.45) is 0 Å². The average molecular weight is 203 g/mol. The summed E-state index contributed by atoms with van der Waals surface area (Å²) in [7, 11) is 0. The van der Waals surface area contributed by atoms with Crippen LogP contribution in [0.1, 0.15) is 5.82 Å². The molecule has 0 saturated carbocycles. The van der Waals surface area contributed by atoms with E-state index in [2.05, 4.69) is 9.36 Å². The Morgan fingerprint density at radius 2 is 1.92 bits per heavy atom. The molecule has 1 heterocycles. The Labute approximate surface area is 80.8 Å². The van der Waals surface area contributed by atoms with Crippen molar-refractivity contribution in [2.45, 2.75) is 6.92 Å². The van der Waals surface area contributed by atoms with Gasteiger partial charge in [-0.3, -0.25) is 0 Å². The molecule has 0 fully saturated rings. The smallest absolute Gasteiger partial charge is 0.205 e. The molecule has 0 radical (unpaired) electrons. The van der Waals surface area contributed by atoms with Gasteiger partial charge in [-0.15, -0.1) is 0 Å². The van der Waals surface area contributed by atoms with E-state index in [0.29, 0.717) is 13.1 Å². The molecule has 0 saturated heterocycles. The van der Waals surface area contributed by atoms with Crippen LogP contribution >= 0.6 is 11.5 Å². The Morgan fingerprint density at radius 3 is 2.31 bits per heavy atom. The van der Waals surface area contributed by atoms with E-state index in [9.17, 15) is 0 Å². The van der Waals surface area contributed by atoms with Gasteiger partial charge in [-0.25, -0.2) is 4.98 Å². The molecule has 1 rings (SSSR count). The van der Waals surface area contributed by atoms with Crippen LogP contribution in [0.3, 0.4) is 0 Å². The maximum atomic E-state index is 8.76. The van der Waals surface area contributed by atoms with Gasteiger partial charge in [0.15, 0.2) is 0 Å². The monoisotopic (exact) mass is 203 g/mol. The highest BCUT2D eigenvalue weighted by molar-refractivity contribution is 7.09. The lowest BCUT2D eigenvalue weighted by Crippen LogP contribution is -2.29. The minimum Gasteiger partial charge on any atom is -0.395 e. The Bertz CT molecular complexity index is 248. The summed E-state index contributed by atoms with van der Waals surface area (Å²) >= 11 is 1.28. The summed E-state index contributed by atoms with van der Waals surface area (Å²) in [5, 5.41) is 18.3. The Hall–Kier alpha value is -0.720. The zero-order chi connectivity index (χ0) is 9.68. The molecule has 6 heteroatoms. The maximum absolute atomic E-state index is 8.76. The van der Waals surface area contributed by atoms with Gasteiger partial charge in [0.25, 0.3) is 0 Å². The van der Waals surface area contributed by atoms with Gasteiger partial charge in [0.1, 0.15) is 5.82 Å². The van der Waals surface area contributed by atoms with Gasteiger partial charge in [0, 0.05) is 24.6 Å². The first kappa shape index (κ1) is 10.4. The van der Waals surface area contributed by atoms with Crippen LogP contribution in [0.5, 0.6) is 0 Å². The van der Waals surface area contributed by atoms with Gasteiger partial charge in [0.2, 0.25) is 5.13 Å². The minimum absolute atomic E-state index is 0.0542. The largest absolute Gasteiger partial charge is 0.395 e. The van der Waals surface area contributed by atoms with E-state index in [-0.39, 0.29) is 13.2 Å². The number of aliphatic hydroxyl groups is 2. The topological polar surface area (TPSA) is 69.5 Å². The predicted molar refractivity (Wildman–Crippen MR) is 51.0 cm³/mol. The molecule has 0 bridgehead atoms. The van der Waals surface area contributed by atoms with Crippen molar-refractivity contribution >= 4 is 16.7 Å². The fraction of sp³-hybridized carbons (Fsp3) is 0.714. The third-order valence-corrected chi connectivity index (χ3v) is 2.40. The van der Waals surface area contributed by atoms with Gasteiger partial charge < -0.3 is 15.1 Å². The summed E-state index contributed by atoms with van der Waals surface area (Å²) in [6.07, 6.45) is 0. The highest BCUT2D eigenvalue weighted by Gasteiger charge is 2.09. The molecule has 0 spiro atoms. The van der Waals surface area contributed by atoms with E-state index in [0.717, 1.165) is 11.0 Å². The quantitative estimate of drug-likeness (QED) is 0.684. The molecule has 5 nitrogen and oxygen atoms in total. The summed E-state index contributed by atoms with van der Waals surface area (Å²) in [6, 6.07) is 0. The van der Waals surface area contributed by atoms with Crippen LogP contribution in [0.4, 0.5) is 5.13 Å². The molecule has 1 aromatic rings. The van der Waals surface area contributed by atoms with Crippen molar-refractivity contribution in [3.8, 4) is 0 Å². The summed E-state index contributed by atoms with van der Waals surface area (Å²) < 4.78 is 4.03. The van der Waals surface area contributed by atoms with E-state index in [1.54, 1.807) is 0 Å². The lowest BCUT2D eigenvalue weighted by molar-refractivity contribution is 0.281. The van der Waals surface area contributed by atoms with Crippen LogP contribution in [-0.2, 0) is 0 Å². The van der Waals surface area contributed by atoms with Crippen molar-refractivity contribution in [3.63, 3.8) is 0 Å². The zero-order valence-corrected chi connectivity index (χ0v) is 8.29. The minimum atomic E-state index is 0.0542. The third kappa shape index (κ3) is 2.91. The number of nitrogens with zero attached hydrogens (tertiary/aromatic N) is 3. The number of anilines is 1. The second-order valence-electron chi connectivity index (χ2n) is 2.56. The Kier molecular flexibility index (Phi) is 4.07. The second-order valence-corrected chi connectivity index (χ2v) is 3.29. The van der Waals surface area contributed by atoms with Gasteiger partial charge in [-0.05, 0) is 6.92 Å². The van der Waals surface area contributed by atoms with E-state index < -0.39 is 0 Å². The number of aliphatic hydroxyl groups excluding tert-OH is 2. The van der Waals surface area contributed by atoms with Crippen LogP contribution in [-0.4, -0.2) is 45.9 Å². The SMILES string of the molecule is Cc1nsc(N(CCO)CCO)n1. The van der Waals surface area contributed by atoms with Gasteiger partial charge in [-0.2, -0.15) is 4.37 Å². The Morgan fingerprint density at radius 1 is 1.31 bits per heavy atom. The molecule has 0 amide bonds. The van der Waals surface area contributed by atoms with Crippen LogP contribution in [0.25, 0.3) is 0 Å². The first-order chi connectivity index (χ1) is 6.27. The molecule has 0 aliphatic carbocycles. The number of hydrogen-bond acceptors (Lipinski definition) is 6. The predicted octanol–water partition coefficient (Wildman–Crippen LogP) is -0.362. The van der Waals surface area contributed by atoms with Crippen molar-refractivity contribution in [2.75, 3.05) is 31.2 Å². The molecular formula is C7H13N3O2S. The summed E-state index contributed by atoms with van der Waals surface area (Å²) in [4.78, 5) is 5.97. The first-order valence-corrected chi connectivity index (χ1v) is 4.82. The molecule has 74 valence electrons. The number of rotatable bonds is 5. The average Bonchev–Trinajstić information content (AvgIpc) is 2.51. The van der Waals surface area contributed by atoms with Crippen LogP contribution in [0.15, 0.2) is 0 Å². The lowest BCUT2D eigenvalue weighted by atomic mass is 10.5. The van der Waals surface area contributed by atoms with E-state index >= 15 is 0 Å². The molecule has 0 aliphatic rings. The molecule has 0 aliphatic heterocycles. The highest BCUT2D eigenvalue weighted by Crippen LogP contribution is 2.15. The number of hydrogen-bond donors (Lipinski definition) is 2. The molecular weight excluding hydrogens is 190 g/mol. The van der Waals surface area contributed by atoms with Crippen LogP contribution < -0.4 is 4.90 Å². The third-order valence-electron chi connectivity index (χ3n) is 1.53. The van der Waals surface area contributed by atoms with E-state index in [1.807, 2.05) is 11.8 Å². The maximum Gasteiger partial charge on any atom is 0.205 e. The van der Waals surface area contributed by atoms with Crippen LogP contribution in [0, 0.1) is 6.92 Å². The first-order valence-electron chi connectivity index (χ1n) is 4.05. The highest BCUT2D eigenvalue weighted by atomic mass is 32.1. The molecule has 2 N–H and O–H groups in total. The molecule has 0 atom stereocenters. The second kappa shape index (κ2) is 5.11. The molecule has 0 unspecified atom stereocenters. The number of aromatic nitrogens is 2. The lowest BCUT2D eigenvalue weighted by Gasteiger charge is -2.18. The van der Waals surface area contributed by atoms with Gasteiger partial charge >= 0.3 is 0 Å². The van der Waals surface area contributed by atoms with Crippen LogP contribution in [0.2, 0.25) is 0 Å². The van der Waals surface area contributed by atoms with E-state index in [4.69, 9.17) is 10.2 Å². The van der Waals surface area contributed by atoms with Crippen molar-refractivity contribution in [1.82, 2.24) is 9.36 Å². The fourth-order valence-electron chi connectivity index (χ4n) is 0.959. The molecule has 0 aromatic carbocycles. The fourth-order valence-corrected chi connectivity index (χ4v) is 1.68. The molecule has 13 heavy (non-hydrogen) atoms. The van der Waals surface area contributed by atoms with Crippen molar-refractivity contribution in [3.05, 3.63) is 5.82 Å². The van der Waals surface area contributed by atoms with Crippen molar-refractivity contribution in [1.29, 1.82) is 0 Å². The zero-order valence-electron chi connectivity index (χ0n) is 7.47. The normalized spacial score (nSPS) is 10.4. The summed E-state index contributed by atoms with van der Waals surface area (Å²) in [5.74, 6) is 0.723. The van der Waals surface area contributed by atoms with Gasteiger partial charge in [0.05, 0.1) is 13.2 Å². The summed E-state index contributed by atoms with van der Waals surface area (Å²) in [5.41, 5.74) is 0. The van der Waals surface area contributed by atoms with Crippen molar-refractivity contribution < 1.29 is 10.2 Å². The molecule has 1 aromatic heterocycles. The van der Waals surface area contributed by atoms with Gasteiger partial charge in [-0.1, -0.05) is 0 Å². The Balaban J connectivity index is 2.63. The standard InChI is InChI=1S/C7H13N3O2S/c1-6-8-7(13-9-6)10(2-4-11)3-5-12/h11-12H,2-5H2,1H3.